The maximum absolute atomic E-state index is 12.4. The van der Waals surface area contributed by atoms with Gasteiger partial charge in [0.2, 0.25) is 5.91 Å². The lowest BCUT2D eigenvalue weighted by Gasteiger charge is -2.16. The Bertz CT molecular complexity index is 278. The van der Waals surface area contributed by atoms with Crippen LogP contribution in [0.2, 0.25) is 0 Å². The van der Waals surface area contributed by atoms with Gasteiger partial charge in [0.05, 0.1) is 6.54 Å². The van der Waals surface area contributed by atoms with Crippen LogP contribution >= 0.6 is 0 Å². The Morgan fingerprint density at radius 2 is 2.19 bits per heavy atom. The Morgan fingerprint density at radius 3 is 2.69 bits per heavy atom. The molecule has 1 N–H and O–H groups in total. The molecule has 0 saturated heterocycles. The summed E-state index contributed by atoms with van der Waals surface area (Å²) in [6.07, 6.45) is 1.75. The van der Waals surface area contributed by atoms with Crippen molar-refractivity contribution in [1.82, 2.24) is 5.32 Å². The molecular weight excluding hydrogens is 226 g/mol. The van der Waals surface area contributed by atoms with Gasteiger partial charge in [0.1, 0.15) is 0 Å². The van der Waals surface area contributed by atoms with Crippen LogP contribution in [0.3, 0.4) is 0 Å². The molecule has 0 saturated carbocycles. The number of halogens is 4. The average molecular weight is 239 g/mol. The molecule has 2 nitrogen and oxygen atoms in total. The molecule has 0 aromatic carbocycles. The number of hydrogen-bond acceptors (Lipinski definition) is 1. The van der Waals surface area contributed by atoms with Crippen LogP contribution in [0.4, 0.5) is 17.6 Å². The van der Waals surface area contributed by atoms with Crippen molar-refractivity contribution in [3.05, 3.63) is 12.2 Å². The summed E-state index contributed by atoms with van der Waals surface area (Å²) in [5.41, 5.74) is 0. The number of hydrogen-bond donors (Lipinski definition) is 1. The summed E-state index contributed by atoms with van der Waals surface area (Å²) in [5.74, 6) is -4.72. The third kappa shape index (κ3) is 3.83. The molecule has 0 aromatic heterocycles. The first-order chi connectivity index (χ1) is 7.42. The number of rotatable bonds is 5. The van der Waals surface area contributed by atoms with Gasteiger partial charge in [-0.05, 0) is 18.8 Å². The SMILES string of the molecule is O=C(CC1C=CCC1)NCC(F)(F)C(F)F. The first kappa shape index (κ1) is 13.0. The monoisotopic (exact) mass is 239 g/mol. The molecule has 1 aliphatic carbocycles. The lowest BCUT2D eigenvalue weighted by molar-refractivity contribution is -0.136. The Hall–Kier alpha value is -1.07. The van der Waals surface area contributed by atoms with Crippen LogP contribution in [0.1, 0.15) is 19.3 Å². The third-order valence-corrected chi connectivity index (χ3v) is 2.40. The van der Waals surface area contributed by atoms with E-state index in [2.05, 4.69) is 0 Å². The molecule has 1 amide bonds. The fourth-order valence-electron chi connectivity index (χ4n) is 1.47. The molecule has 16 heavy (non-hydrogen) atoms. The van der Waals surface area contributed by atoms with Crippen molar-refractivity contribution in [2.24, 2.45) is 5.92 Å². The molecule has 1 atom stereocenters. The summed E-state index contributed by atoms with van der Waals surface area (Å²) >= 11 is 0. The van der Waals surface area contributed by atoms with Crippen LogP contribution in [0.15, 0.2) is 12.2 Å². The van der Waals surface area contributed by atoms with Gasteiger partial charge in [-0.15, -0.1) is 0 Å². The van der Waals surface area contributed by atoms with Crippen LogP contribution in [0, 0.1) is 5.92 Å². The molecule has 0 aromatic rings. The maximum Gasteiger partial charge on any atom is 0.324 e. The van der Waals surface area contributed by atoms with E-state index in [1.54, 1.807) is 0 Å². The lowest BCUT2D eigenvalue weighted by Crippen LogP contribution is -2.41. The van der Waals surface area contributed by atoms with E-state index < -0.39 is 24.8 Å². The summed E-state index contributed by atoms with van der Waals surface area (Å²) in [7, 11) is 0. The smallest absolute Gasteiger partial charge is 0.324 e. The van der Waals surface area contributed by atoms with Crippen LogP contribution in [-0.4, -0.2) is 24.8 Å². The maximum atomic E-state index is 12.4. The highest BCUT2D eigenvalue weighted by atomic mass is 19.3. The fourth-order valence-corrected chi connectivity index (χ4v) is 1.47. The van der Waals surface area contributed by atoms with Gasteiger partial charge in [0.25, 0.3) is 0 Å². The van der Waals surface area contributed by atoms with E-state index in [1.807, 2.05) is 17.5 Å². The molecule has 0 bridgehead atoms. The van der Waals surface area contributed by atoms with Crippen molar-refractivity contribution in [2.75, 3.05) is 6.54 Å². The van der Waals surface area contributed by atoms with E-state index in [9.17, 15) is 22.4 Å². The van der Waals surface area contributed by atoms with Gasteiger partial charge >= 0.3 is 12.3 Å². The summed E-state index contributed by atoms with van der Waals surface area (Å²) in [4.78, 5) is 11.1. The van der Waals surface area contributed by atoms with Gasteiger partial charge in [-0.2, -0.15) is 8.78 Å². The summed E-state index contributed by atoms with van der Waals surface area (Å²) < 4.78 is 48.4. The molecule has 1 aliphatic rings. The van der Waals surface area contributed by atoms with E-state index in [4.69, 9.17) is 0 Å². The second kappa shape index (κ2) is 5.32. The quantitative estimate of drug-likeness (QED) is 0.579. The molecule has 0 spiro atoms. The topological polar surface area (TPSA) is 29.1 Å². The molecule has 92 valence electrons. The Balaban J connectivity index is 2.27. The number of nitrogens with one attached hydrogen (secondary N) is 1. The third-order valence-electron chi connectivity index (χ3n) is 2.40. The number of carbonyl (C=O) groups is 1. The van der Waals surface area contributed by atoms with Gasteiger partial charge < -0.3 is 5.32 Å². The van der Waals surface area contributed by atoms with Gasteiger partial charge in [-0.25, -0.2) is 8.78 Å². The molecule has 0 fully saturated rings. The minimum absolute atomic E-state index is 0.0418. The fraction of sp³-hybridized carbons (Fsp3) is 0.700. The Labute approximate surface area is 90.7 Å². The van der Waals surface area contributed by atoms with E-state index in [0.717, 1.165) is 12.8 Å². The molecule has 0 radical (unpaired) electrons. The highest BCUT2D eigenvalue weighted by molar-refractivity contribution is 5.76. The van der Waals surface area contributed by atoms with Crippen molar-refractivity contribution in [3.8, 4) is 0 Å². The summed E-state index contributed by atoms with van der Waals surface area (Å²) in [5, 5.41) is 1.83. The summed E-state index contributed by atoms with van der Waals surface area (Å²) in [6.45, 7) is -1.31. The normalized spacial score (nSPS) is 20.4. The Morgan fingerprint density at radius 1 is 1.50 bits per heavy atom. The van der Waals surface area contributed by atoms with Crippen molar-refractivity contribution in [3.63, 3.8) is 0 Å². The Kier molecular flexibility index (Phi) is 4.32. The second-order valence-corrected chi connectivity index (χ2v) is 3.81. The summed E-state index contributed by atoms with van der Waals surface area (Å²) in [6, 6.07) is 0. The van der Waals surface area contributed by atoms with Crippen molar-refractivity contribution >= 4 is 5.91 Å². The van der Waals surface area contributed by atoms with Crippen molar-refractivity contribution < 1.29 is 22.4 Å². The zero-order chi connectivity index (χ0) is 12.2. The van der Waals surface area contributed by atoms with Crippen LogP contribution in [0.25, 0.3) is 0 Å². The standard InChI is InChI=1S/C10H13F4NO/c11-9(12)10(13,14)6-15-8(16)5-7-3-1-2-4-7/h1,3,7,9H,2,4-6H2,(H,15,16). The van der Waals surface area contributed by atoms with Gasteiger partial charge in [-0.3, -0.25) is 4.79 Å². The first-order valence-corrected chi connectivity index (χ1v) is 5.01. The van der Waals surface area contributed by atoms with Gasteiger partial charge in [0.15, 0.2) is 0 Å². The van der Waals surface area contributed by atoms with Gasteiger partial charge in [0, 0.05) is 6.42 Å². The van der Waals surface area contributed by atoms with Crippen molar-refractivity contribution in [2.45, 2.75) is 31.6 Å². The van der Waals surface area contributed by atoms with Crippen molar-refractivity contribution in [1.29, 1.82) is 0 Å². The minimum Gasteiger partial charge on any atom is -0.350 e. The first-order valence-electron chi connectivity index (χ1n) is 5.01. The molecule has 0 aliphatic heterocycles. The zero-order valence-corrected chi connectivity index (χ0v) is 8.56. The van der Waals surface area contributed by atoms with E-state index in [0.29, 0.717) is 0 Å². The van der Waals surface area contributed by atoms with Gasteiger partial charge in [-0.1, -0.05) is 12.2 Å². The van der Waals surface area contributed by atoms with E-state index in [1.165, 1.54) is 0 Å². The lowest BCUT2D eigenvalue weighted by atomic mass is 10.1. The number of allylic oxidation sites excluding steroid dienone is 2. The van der Waals surface area contributed by atoms with Crippen LogP contribution in [-0.2, 0) is 4.79 Å². The molecule has 6 heteroatoms. The van der Waals surface area contributed by atoms with E-state index in [-0.39, 0.29) is 12.3 Å². The largest absolute Gasteiger partial charge is 0.350 e. The molecule has 0 heterocycles. The molecule has 1 unspecified atom stereocenters. The van der Waals surface area contributed by atoms with Crippen LogP contribution in [0.5, 0.6) is 0 Å². The zero-order valence-electron chi connectivity index (χ0n) is 8.56. The number of alkyl halides is 4. The average Bonchev–Trinajstić information content (AvgIpc) is 2.67. The molecular formula is C10H13F4NO. The highest BCUT2D eigenvalue weighted by Crippen LogP contribution is 2.22. The molecule has 1 rings (SSSR count). The number of carbonyl (C=O) groups excluding carboxylic acids is 1. The van der Waals surface area contributed by atoms with Crippen LogP contribution < -0.4 is 5.32 Å². The predicted octanol–water partition coefficient (Wildman–Crippen LogP) is 2.36. The minimum atomic E-state index is -4.15. The predicted molar refractivity (Wildman–Crippen MR) is 50.4 cm³/mol. The number of amides is 1. The second-order valence-electron chi connectivity index (χ2n) is 3.81. The highest BCUT2D eigenvalue weighted by Gasteiger charge is 2.40. The van der Waals surface area contributed by atoms with E-state index >= 15 is 0 Å².